The second kappa shape index (κ2) is 7.72. The number of rotatable bonds is 3. The van der Waals surface area contributed by atoms with Crippen molar-refractivity contribution in [3.05, 3.63) is 67.6 Å². The molecule has 1 amide bonds. The van der Waals surface area contributed by atoms with E-state index in [1.54, 1.807) is 30.3 Å². The monoisotopic (exact) mass is 384 g/mol. The topological polar surface area (TPSA) is 52.9 Å². The number of nitrogens with one attached hydrogen (secondary N) is 1. The van der Waals surface area contributed by atoms with Gasteiger partial charge in [0.15, 0.2) is 0 Å². The number of amides is 1. The molecule has 0 aromatic heterocycles. The van der Waals surface area contributed by atoms with Gasteiger partial charge in [-0.25, -0.2) is 0 Å². The van der Waals surface area contributed by atoms with Crippen molar-refractivity contribution in [1.29, 1.82) is 5.26 Å². The van der Waals surface area contributed by atoms with Crippen LogP contribution in [-0.2, 0) is 4.79 Å². The molecule has 0 saturated carbocycles. The molecule has 0 saturated heterocycles. The van der Waals surface area contributed by atoms with Crippen LogP contribution in [0.2, 0.25) is 20.1 Å². The van der Waals surface area contributed by atoms with Gasteiger partial charge in [0.25, 0.3) is 5.91 Å². The van der Waals surface area contributed by atoms with Gasteiger partial charge in [0.05, 0.1) is 20.1 Å². The van der Waals surface area contributed by atoms with Crippen molar-refractivity contribution in [2.24, 2.45) is 0 Å². The number of carbonyl (C=O) groups is 1. The summed E-state index contributed by atoms with van der Waals surface area (Å²) in [5.74, 6) is -0.595. The van der Waals surface area contributed by atoms with Crippen molar-refractivity contribution in [2.45, 2.75) is 0 Å². The van der Waals surface area contributed by atoms with Crippen LogP contribution in [-0.4, -0.2) is 5.91 Å². The van der Waals surface area contributed by atoms with Crippen LogP contribution in [0.4, 0.5) is 5.69 Å². The largest absolute Gasteiger partial charge is 0.321 e. The fourth-order valence-corrected chi connectivity index (χ4v) is 2.37. The summed E-state index contributed by atoms with van der Waals surface area (Å²) in [4.78, 5) is 12.2. The maximum atomic E-state index is 12.2. The lowest BCUT2D eigenvalue weighted by atomic mass is 10.1. The first-order valence-electron chi connectivity index (χ1n) is 6.24. The number of anilines is 1. The first-order valence-corrected chi connectivity index (χ1v) is 7.75. The molecule has 0 spiro atoms. The fraction of sp³-hybridized carbons (Fsp3) is 0. The lowest BCUT2D eigenvalue weighted by molar-refractivity contribution is -0.112. The summed E-state index contributed by atoms with van der Waals surface area (Å²) in [5, 5.41) is 13.0. The molecular formula is C16H8Cl4N2O. The molecule has 23 heavy (non-hydrogen) atoms. The summed E-state index contributed by atoms with van der Waals surface area (Å²) in [6.07, 6.45) is 1.36. The molecule has 2 aromatic carbocycles. The summed E-state index contributed by atoms with van der Waals surface area (Å²) in [6, 6.07) is 11.4. The molecule has 0 aliphatic rings. The van der Waals surface area contributed by atoms with Gasteiger partial charge in [-0.1, -0.05) is 58.5 Å². The van der Waals surface area contributed by atoms with Crippen LogP contribution in [0.5, 0.6) is 0 Å². The third-order valence-corrected chi connectivity index (χ3v) is 4.40. The van der Waals surface area contributed by atoms with Crippen LogP contribution in [0.25, 0.3) is 6.08 Å². The van der Waals surface area contributed by atoms with Crippen LogP contribution in [0.15, 0.2) is 42.0 Å². The van der Waals surface area contributed by atoms with Crippen molar-refractivity contribution >= 4 is 64.1 Å². The summed E-state index contributed by atoms with van der Waals surface area (Å²) >= 11 is 23.7. The molecule has 2 rings (SSSR count). The Hall–Kier alpha value is -1.70. The zero-order valence-corrected chi connectivity index (χ0v) is 14.4. The Labute approximate surface area is 153 Å². The molecule has 0 aliphatic carbocycles. The molecule has 0 bridgehead atoms. The Morgan fingerprint density at radius 3 is 2.43 bits per heavy atom. The Kier molecular flexibility index (Phi) is 5.92. The minimum Gasteiger partial charge on any atom is -0.321 e. The molecule has 0 aliphatic heterocycles. The van der Waals surface area contributed by atoms with E-state index in [4.69, 9.17) is 46.4 Å². The average molecular weight is 386 g/mol. The van der Waals surface area contributed by atoms with E-state index in [2.05, 4.69) is 5.32 Å². The highest BCUT2D eigenvalue weighted by atomic mass is 35.5. The average Bonchev–Trinajstić information content (AvgIpc) is 2.52. The van der Waals surface area contributed by atoms with Crippen molar-refractivity contribution in [3.8, 4) is 6.07 Å². The van der Waals surface area contributed by atoms with E-state index < -0.39 is 5.91 Å². The maximum absolute atomic E-state index is 12.2. The maximum Gasteiger partial charge on any atom is 0.266 e. The number of carbonyl (C=O) groups excluding carboxylic acids is 1. The smallest absolute Gasteiger partial charge is 0.266 e. The zero-order chi connectivity index (χ0) is 17.0. The van der Waals surface area contributed by atoms with Gasteiger partial charge in [-0.15, -0.1) is 0 Å². The van der Waals surface area contributed by atoms with Gasteiger partial charge in [-0.05, 0) is 35.9 Å². The van der Waals surface area contributed by atoms with Crippen LogP contribution < -0.4 is 5.32 Å². The van der Waals surface area contributed by atoms with Crippen LogP contribution in [0.1, 0.15) is 5.56 Å². The van der Waals surface area contributed by atoms with Gasteiger partial charge >= 0.3 is 0 Å². The molecule has 2 aromatic rings. The van der Waals surface area contributed by atoms with Crippen molar-refractivity contribution < 1.29 is 4.79 Å². The van der Waals surface area contributed by atoms with Gasteiger partial charge < -0.3 is 5.32 Å². The van der Waals surface area contributed by atoms with Gasteiger partial charge in [-0.2, -0.15) is 5.26 Å². The molecule has 0 atom stereocenters. The molecule has 0 radical (unpaired) electrons. The summed E-state index contributed by atoms with van der Waals surface area (Å²) in [7, 11) is 0. The van der Waals surface area contributed by atoms with E-state index in [0.717, 1.165) is 0 Å². The lowest BCUT2D eigenvalue weighted by Crippen LogP contribution is -2.13. The minimum absolute atomic E-state index is 0.125. The van der Waals surface area contributed by atoms with Crippen molar-refractivity contribution in [3.63, 3.8) is 0 Å². The van der Waals surface area contributed by atoms with Crippen LogP contribution in [0.3, 0.4) is 0 Å². The molecule has 0 fully saturated rings. The molecule has 1 N–H and O–H groups in total. The molecule has 7 heteroatoms. The molecular weight excluding hydrogens is 378 g/mol. The van der Waals surface area contributed by atoms with Gasteiger partial charge in [-0.3, -0.25) is 4.79 Å². The molecule has 0 unspecified atom stereocenters. The standard InChI is InChI=1S/C16H8Cl4N2O/c17-12-5-4-11(7-14(12)19)22-16(23)10(8-21)6-9-2-1-3-13(18)15(9)20/h1-7H,(H,22,23)/b10-6+. The van der Waals surface area contributed by atoms with Crippen LogP contribution in [0, 0.1) is 11.3 Å². The minimum atomic E-state index is -0.595. The number of hydrogen-bond acceptors (Lipinski definition) is 2. The van der Waals surface area contributed by atoms with E-state index >= 15 is 0 Å². The number of halogens is 4. The SMILES string of the molecule is N#C/C(=C\c1cccc(Cl)c1Cl)C(=O)Nc1ccc(Cl)c(Cl)c1. The van der Waals surface area contributed by atoms with Gasteiger partial charge in [0.2, 0.25) is 0 Å². The summed E-state index contributed by atoms with van der Waals surface area (Å²) in [5.41, 5.74) is 0.767. The highest BCUT2D eigenvalue weighted by molar-refractivity contribution is 6.43. The zero-order valence-electron chi connectivity index (χ0n) is 11.4. The molecule has 3 nitrogen and oxygen atoms in total. The number of nitrogens with zero attached hydrogens (tertiary/aromatic N) is 1. The summed E-state index contributed by atoms with van der Waals surface area (Å²) in [6.45, 7) is 0. The number of nitriles is 1. The third kappa shape index (κ3) is 4.40. The molecule has 0 heterocycles. The predicted octanol–water partition coefficient (Wildman–Crippen LogP) is 5.85. The Balaban J connectivity index is 2.28. The highest BCUT2D eigenvalue weighted by Crippen LogP contribution is 2.28. The fourth-order valence-electron chi connectivity index (χ4n) is 1.71. The van der Waals surface area contributed by atoms with Crippen molar-refractivity contribution in [2.75, 3.05) is 5.32 Å². The van der Waals surface area contributed by atoms with E-state index in [1.165, 1.54) is 12.1 Å². The van der Waals surface area contributed by atoms with E-state index in [-0.39, 0.29) is 10.6 Å². The van der Waals surface area contributed by atoms with Crippen molar-refractivity contribution in [1.82, 2.24) is 0 Å². The lowest BCUT2D eigenvalue weighted by Gasteiger charge is -2.06. The third-order valence-electron chi connectivity index (χ3n) is 2.82. The predicted molar refractivity (Wildman–Crippen MR) is 95.1 cm³/mol. The molecule has 116 valence electrons. The quantitative estimate of drug-likeness (QED) is 0.532. The Morgan fingerprint density at radius 1 is 1.04 bits per heavy atom. The first kappa shape index (κ1) is 17.7. The number of benzene rings is 2. The second-order valence-corrected chi connectivity index (χ2v) is 6.00. The Morgan fingerprint density at radius 2 is 1.78 bits per heavy atom. The first-order chi connectivity index (χ1) is 10.9. The normalized spacial score (nSPS) is 11.0. The van der Waals surface area contributed by atoms with E-state index in [0.29, 0.717) is 26.3 Å². The number of hydrogen-bond donors (Lipinski definition) is 1. The summed E-state index contributed by atoms with van der Waals surface area (Å²) < 4.78 is 0. The second-order valence-electron chi connectivity index (χ2n) is 4.40. The van der Waals surface area contributed by atoms with Gasteiger partial charge in [0.1, 0.15) is 11.6 Å². The Bertz CT molecular complexity index is 840. The highest BCUT2D eigenvalue weighted by Gasteiger charge is 2.12. The van der Waals surface area contributed by atoms with Gasteiger partial charge in [0, 0.05) is 5.69 Å². The van der Waals surface area contributed by atoms with Crippen LogP contribution >= 0.6 is 46.4 Å². The van der Waals surface area contributed by atoms with E-state index in [1.807, 2.05) is 6.07 Å². The van der Waals surface area contributed by atoms with E-state index in [9.17, 15) is 10.1 Å².